The molecule has 1 aliphatic carbocycles. The van der Waals surface area contributed by atoms with Crippen LogP contribution in [0.25, 0.3) is 0 Å². The zero-order chi connectivity index (χ0) is 16.0. The summed E-state index contributed by atoms with van der Waals surface area (Å²) in [5, 5.41) is 0.485. The lowest BCUT2D eigenvalue weighted by Crippen LogP contribution is -2.49. The van der Waals surface area contributed by atoms with Crippen molar-refractivity contribution in [1.29, 1.82) is 0 Å². The van der Waals surface area contributed by atoms with E-state index in [1.54, 1.807) is 19.2 Å². The van der Waals surface area contributed by atoms with Gasteiger partial charge in [-0.05, 0) is 37.8 Å². The summed E-state index contributed by atoms with van der Waals surface area (Å²) in [4.78, 5) is 17.8. The molecule has 22 heavy (non-hydrogen) atoms. The average Bonchev–Trinajstić information content (AvgIpc) is 3.26. The number of likely N-dealkylation sites (N-methyl/N-ethyl adjacent to an activating group) is 1. The van der Waals surface area contributed by atoms with Crippen LogP contribution in [0.15, 0.2) is 18.3 Å². The molecule has 0 aromatic carbocycles. The van der Waals surface area contributed by atoms with Crippen LogP contribution in [-0.4, -0.2) is 48.5 Å². The molecule has 1 aromatic rings. The maximum absolute atomic E-state index is 12.6. The molecule has 1 aromatic heterocycles. The van der Waals surface area contributed by atoms with Crippen LogP contribution in [0, 0.1) is 0 Å². The summed E-state index contributed by atoms with van der Waals surface area (Å²) >= 11 is 5.77. The highest BCUT2D eigenvalue weighted by atomic mass is 35.5. The number of amides is 1. The quantitative estimate of drug-likeness (QED) is 0.836. The number of hydrogen-bond donors (Lipinski definition) is 0. The minimum Gasteiger partial charge on any atom is -0.299 e. The van der Waals surface area contributed by atoms with Gasteiger partial charge in [-0.1, -0.05) is 11.6 Å². The van der Waals surface area contributed by atoms with Gasteiger partial charge in [0.1, 0.15) is 5.82 Å². The first kappa shape index (κ1) is 15.7. The molecule has 0 atom stereocenters. The van der Waals surface area contributed by atoms with Crippen LogP contribution in [0.2, 0.25) is 5.02 Å². The average molecular weight is 344 g/mol. The maximum Gasteiger partial charge on any atom is 0.243 e. The van der Waals surface area contributed by atoms with Gasteiger partial charge in [0.2, 0.25) is 15.9 Å². The molecule has 1 saturated carbocycles. The molecule has 3 rings (SSSR count). The molecule has 1 saturated heterocycles. The zero-order valence-corrected chi connectivity index (χ0v) is 13.9. The Kier molecular flexibility index (Phi) is 3.91. The van der Waals surface area contributed by atoms with Crippen molar-refractivity contribution in [2.24, 2.45) is 0 Å². The van der Waals surface area contributed by atoms with Crippen LogP contribution in [-0.2, 0) is 14.8 Å². The van der Waals surface area contributed by atoms with Crippen LogP contribution in [0.1, 0.15) is 25.7 Å². The van der Waals surface area contributed by atoms with Gasteiger partial charge in [0.15, 0.2) is 0 Å². The zero-order valence-electron chi connectivity index (χ0n) is 12.3. The van der Waals surface area contributed by atoms with E-state index in [1.807, 2.05) is 0 Å². The van der Waals surface area contributed by atoms with Crippen molar-refractivity contribution in [2.45, 2.75) is 30.4 Å². The topological polar surface area (TPSA) is 70.6 Å². The molecule has 8 heteroatoms. The highest BCUT2D eigenvalue weighted by molar-refractivity contribution is 7.90. The molecule has 0 unspecified atom stereocenters. The Morgan fingerprint density at radius 3 is 2.73 bits per heavy atom. The number of nitrogens with zero attached hydrogens (tertiary/aromatic N) is 3. The van der Waals surface area contributed by atoms with E-state index in [4.69, 9.17) is 11.6 Å². The van der Waals surface area contributed by atoms with Gasteiger partial charge in [-0.2, -0.15) is 4.31 Å². The second kappa shape index (κ2) is 5.47. The number of carbonyl (C=O) groups is 1. The predicted molar refractivity (Wildman–Crippen MR) is 84.3 cm³/mol. The smallest absolute Gasteiger partial charge is 0.243 e. The standard InChI is InChI=1S/C14H18ClN3O3S/c1-17(12-4-3-11(15)9-16-12)13(19)10-18-8-2-5-14(6-7-14)22(18,20)21/h3-4,9H,2,5-8,10H2,1H3. The fraction of sp³-hybridized carbons (Fsp3) is 0.571. The van der Waals surface area contributed by atoms with Crippen molar-refractivity contribution < 1.29 is 13.2 Å². The Morgan fingerprint density at radius 2 is 2.14 bits per heavy atom. The van der Waals surface area contributed by atoms with E-state index in [-0.39, 0.29) is 12.5 Å². The van der Waals surface area contributed by atoms with Gasteiger partial charge in [-0.3, -0.25) is 9.69 Å². The maximum atomic E-state index is 12.6. The van der Waals surface area contributed by atoms with E-state index in [0.717, 1.165) is 6.42 Å². The fourth-order valence-corrected chi connectivity index (χ4v) is 5.19. The monoisotopic (exact) mass is 343 g/mol. The molecule has 6 nitrogen and oxygen atoms in total. The third kappa shape index (κ3) is 2.61. The summed E-state index contributed by atoms with van der Waals surface area (Å²) in [6, 6.07) is 3.28. The first-order chi connectivity index (χ1) is 10.4. The van der Waals surface area contributed by atoms with E-state index in [1.165, 1.54) is 15.4 Å². The van der Waals surface area contributed by atoms with Gasteiger partial charge in [-0.25, -0.2) is 13.4 Å². The summed E-state index contributed by atoms with van der Waals surface area (Å²) in [6.45, 7) is 0.280. The minimum absolute atomic E-state index is 0.134. The van der Waals surface area contributed by atoms with Gasteiger partial charge in [-0.15, -0.1) is 0 Å². The van der Waals surface area contributed by atoms with Crippen molar-refractivity contribution in [3.63, 3.8) is 0 Å². The summed E-state index contributed by atoms with van der Waals surface area (Å²) < 4.78 is 25.9. The molecule has 2 heterocycles. The first-order valence-corrected chi connectivity index (χ1v) is 9.05. The number of hydrogen-bond acceptors (Lipinski definition) is 4. The molecule has 0 N–H and O–H groups in total. The van der Waals surface area contributed by atoms with E-state index < -0.39 is 14.8 Å². The number of pyridine rings is 1. The molecule has 1 spiro atoms. The van der Waals surface area contributed by atoms with Gasteiger partial charge < -0.3 is 0 Å². The Labute approximate surface area is 135 Å². The molecular formula is C14H18ClN3O3S. The lowest BCUT2D eigenvalue weighted by Gasteiger charge is -2.32. The molecule has 2 aliphatic rings. The second-order valence-electron chi connectivity index (χ2n) is 5.91. The number of aromatic nitrogens is 1. The van der Waals surface area contributed by atoms with Crippen LogP contribution in [0.3, 0.4) is 0 Å². The van der Waals surface area contributed by atoms with Crippen LogP contribution >= 0.6 is 11.6 Å². The van der Waals surface area contributed by atoms with Crippen molar-refractivity contribution in [3.05, 3.63) is 23.4 Å². The summed E-state index contributed by atoms with van der Waals surface area (Å²) in [5.74, 6) is 0.154. The molecule has 1 amide bonds. The first-order valence-electron chi connectivity index (χ1n) is 7.24. The molecule has 0 bridgehead atoms. The fourth-order valence-electron chi connectivity index (χ4n) is 2.86. The lowest BCUT2D eigenvalue weighted by atomic mass is 10.2. The molecule has 1 aliphatic heterocycles. The van der Waals surface area contributed by atoms with E-state index in [9.17, 15) is 13.2 Å². The minimum atomic E-state index is -3.36. The van der Waals surface area contributed by atoms with Crippen molar-refractivity contribution in [3.8, 4) is 0 Å². The van der Waals surface area contributed by atoms with E-state index in [2.05, 4.69) is 4.98 Å². The van der Waals surface area contributed by atoms with Gasteiger partial charge >= 0.3 is 0 Å². The number of rotatable bonds is 3. The van der Waals surface area contributed by atoms with Gasteiger partial charge in [0.25, 0.3) is 0 Å². The van der Waals surface area contributed by atoms with Crippen LogP contribution in [0.4, 0.5) is 5.82 Å². The number of halogens is 1. The largest absolute Gasteiger partial charge is 0.299 e. The van der Waals surface area contributed by atoms with Crippen LogP contribution < -0.4 is 4.90 Å². The summed E-state index contributed by atoms with van der Waals surface area (Å²) in [5.41, 5.74) is 0. The third-order valence-corrected chi connectivity index (χ3v) is 7.40. The van der Waals surface area contributed by atoms with Crippen LogP contribution in [0.5, 0.6) is 0 Å². The summed E-state index contributed by atoms with van der Waals surface area (Å²) in [7, 11) is -1.78. The summed E-state index contributed by atoms with van der Waals surface area (Å²) in [6.07, 6.45) is 4.42. The SMILES string of the molecule is CN(C(=O)CN1CCCC2(CC2)S1(=O)=O)c1ccc(Cl)cn1. The number of sulfonamides is 1. The molecule has 2 fully saturated rings. The van der Waals surface area contributed by atoms with Crippen molar-refractivity contribution >= 4 is 33.3 Å². The Hall–Kier alpha value is -1.18. The van der Waals surface area contributed by atoms with Crippen molar-refractivity contribution in [2.75, 3.05) is 25.0 Å². The normalized spacial score (nSPS) is 22.5. The molecule has 0 radical (unpaired) electrons. The number of anilines is 1. The molecule has 120 valence electrons. The highest BCUT2D eigenvalue weighted by Gasteiger charge is 2.58. The second-order valence-corrected chi connectivity index (χ2v) is 8.68. The van der Waals surface area contributed by atoms with E-state index >= 15 is 0 Å². The Balaban J connectivity index is 1.72. The lowest BCUT2D eigenvalue weighted by molar-refractivity contribution is -0.118. The molecular weight excluding hydrogens is 326 g/mol. The number of carbonyl (C=O) groups excluding carboxylic acids is 1. The Bertz CT molecular complexity index is 686. The van der Waals surface area contributed by atoms with Gasteiger partial charge in [0, 0.05) is 19.8 Å². The van der Waals surface area contributed by atoms with Crippen molar-refractivity contribution in [1.82, 2.24) is 9.29 Å². The third-order valence-electron chi connectivity index (χ3n) is 4.48. The predicted octanol–water partition coefficient (Wildman–Crippen LogP) is 1.66. The van der Waals surface area contributed by atoms with E-state index in [0.29, 0.717) is 36.6 Å². The highest BCUT2D eigenvalue weighted by Crippen LogP contribution is 2.50. The van der Waals surface area contributed by atoms with Gasteiger partial charge in [0.05, 0.1) is 16.3 Å². The Morgan fingerprint density at radius 1 is 1.41 bits per heavy atom.